The molecule has 0 N–H and O–H groups in total. The van der Waals surface area contributed by atoms with E-state index in [0.717, 1.165) is 0 Å². The number of ether oxygens (including phenoxy) is 1. The average molecular weight is 392 g/mol. The molecule has 1 aliphatic rings. The van der Waals surface area contributed by atoms with Crippen molar-refractivity contribution in [3.8, 4) is 0 Å². The van der Waals surface area contributed by atoms with Crippen molar-refractivity contribution in [2.45, 2.75) is 11.4 Å². The van der Waals surface area contributed by atoms with Crippen molar-refractivity contribution in [2.75, 3.05) is 26.3 Å². The summed E-state index contributed by atoms with van der Waals surface area (Å²) in [6.45, 7) is 1.31. The van der Waals surface area contributed by atoms with Gasteiger partial charge >= 0.3 is 5.69 Å². The number of sulfonamides is 1. The fourth-order valence-electron chi connectivity index (χ4n) is 3.00. The van der Waals surface area contributed by atoms with Crippen molar-refractivity contribution in [3.63, 3.8) is 0 Å². The van der Waals surface area contributed by atoms with Crippen LogP contribution in [0.2, 0.25) is 0 Å². The Morgan fingerprint density at radius 3 is 2.67 bits per heavy atom. The third kappa shape index (κ3) is 3.38. The predicted molar refractivity (Wildman–Crippen MR) is 94.5 cm³/mol. The molecule has 4 rings (SSSR count). The van der Waals surface area contributed by atoms with Crippen LogP contribution in [0.5, 0.6) is 0 Å². The molecule has 0 amide bonds. The van der Waals surface area contributed by atoms with E-state index in [9.17, 15) is 17.6 Å². The molecule has 0 spiro atoms. The van der Waals surface area contributed by atoms with E-state index in [1.54, 1.807) is 12.1 Å². The summed E-state index contributed by atoms with van der Waals surface area (Å²) in [6, 6.07) is 8.80. The maximum Gasteiger partial charge on any atom is 0.350 e. The molecule has 0 atom stereocenters. The van der Waals surface area contributed by atoms with Crippen molar-refractivity contribution in [1.82, 2.24) is 18.5 Å². The molecule has 1 aromatic carbocycles. The van der Waals surface area contributed by atoms with Gasteiger partial charge in [-0.1, -0.05) is 12.1 Å². The number of halogens is 1. The normalized spacial score (nSPS) is 16.0. The van der Waals surface area contributed by atoms with E-state index in [1.807, 2.05) is 0 Å². The van der Waals surface area contributed by atoms with E-state index >= 15 is 0 Å². The average Bonchev–Trinajstić information content (AvgIpc) is 2.98. The molecule has 142 valence electrons. The van der Waals surface area contributed by atoms with Gasteiger partial charge in [-0.25, -0.2) is 26.7 Å². The minimum atomic E-state index is -3.72. The first-order valence-electron chi connectivity index (χ1n) is 8.37. The Hall–Kier alpha value is -2.56. The molecule has 27 heavy (non-hydrogen) atoms. The number of nitrogens with zero attached hydrogens (tertiary/aromatic N) is 4. The van der Waals surface area contributed by atoms with E-state index in [4.69, 9.17) is 4.74 Å². The van der Waals surface area contributed by atoms with E-state index < -0.39 is 21.5 Å². The summed E-state index contributed by atoms with van der Waals surface area (Å²) in [7, 11) is -3.72. The Morgan fingerprint density at radius 1 is 1.15 bits per heavy atom. The highest BCUT2D eigenvalue weighted by Gasteiger charge is 2.27. The van der Waals surface area contributed by atoms with E-state index in [1.165, 1.54) is 43.9 Å². The number of pyridine rings is 1. The topological polar surface area (TPSA) is 85.9 Å². The quantitative estimate of drug-likeness (QED) is 0.653. The predicted octanol–water partition coefficient (Wildman–Crippen LogP) is 0.704. The van der Waals surface area contributed by atoms with Crippen LogP contribution in [0.25, 0.3) is 5.65 Å². The summed E-state index contributed by atoms with van der Waals surface area (Å²) in [4.78, 5) is 12.6. The summed E-state index contributed by atoms with van der Waals surface area (Å²) in [5.74, 6) is -0.400. The molecular formula is C17H17FN4O4S. The highest BCUT2D eigenvalue weighted by molar-refractivity contribution is 7.89. The van der Waals surface area contributed by atoms with Gasteiger partial charge in [0.05, 0.1) is 24.7 Å². The van der Waals surface area contributed by atoms with Gasteiger partial charge in [0.25, 0.3) is 0 Å². The van der Waals surface area contributed by atoms with Gasteiger partial charge in [0.15, 0.2) is 5.65 Å². The van der Waals surface area contributed by atoms with Crippen LogP contribution < -0.4 is 5.69 Å². The Labute approximate surface area is 154 Å². The van der Waals surface area contributed by atoms with Crippen LogP contribution in [0, 0.1) is 5.82 Å². The van der Waals surface area contributed by atoms with Gasteiger partial charge in [-0.15, -0.1) is 5.10 Å². The molecule has 10 heteroatoms. The summed E-state index contributed by atoms with van der Waals surface area (Å²) >= 11 is 0. The lowest BCUT2D eigenvalue weighted by atomic mass is 10.2. The van der Waals surface area contributed by atoms with Crippen molar-refractivity contribution in [3.05, 3.63) is 64.5 Å². The molecule has 1 fully saturated rings. The first-order chi connectivity index (χ1) is 12.9. The number of morpholine rings is 1. The molecule has 0 radical (unpaired) electrons. The molecule has 3 aromatic rings. The lowest BCUT2D eigenvalue weighted by Gasteiger charge is -2.25. The molecule has 2 aromatic heterocycles. The van der Waals surface area contributed by atoms with Gasteiger partial charge in [-0.2, -0.15) is 4.31 Å². The second-order valence-corrected chi connectivity index (χ2v) is 8.12. The highest BCUT2D eigenvalue weighted by Crippen LogP contribution is 2.17. The molecule has 0 aliphatic carbocycles. The van der Waals surface area contributed by atoms with Gasteiger partial charge in [0, 0.05) is 19.3 Å². The first-order valence-corrected chi connectivity index (χ1v) is 9.81. The number of aromatic nitrogens is 3. The van der Waals surface area contributed by atoms with Crippen LogP contribution in [-0.4, -0.2) is 53.2 Å². The molecule has 1 aliphatic heterocycles. The second-order valence-electron chi connectivity index (χ2n) is 6.18. The van der Waals surface area contributed by atoms with Crippen molar-refractivity contribution < 1.29 is 17.5 Å². The zero-order valence-corrected chi connectivity index (χ0v) is 15.1. The molecular weight excluding hydrogens is 375 g/mol. The van der Waals surface area contributed by atoms with E-state index in [0.29, 0.717) is 24.4 Å². The third-order valence-electron chi connectivity index (χ3n) is 4.38. The largest absolute Gasteiger partial charge is 0.379 e. The lowest BCUT2D eigenvalue weighted by molar-refractivity contribution is 0.0730. The molecule has 3 heterocycles. The standard InChI is InChI=1S/C17H17FN4O4S/c18-14-3-1-2-13(10-14)11-22-17(23)21-12-15(4-5-16(21)19-22)27(24,25)20-6-8-26-9-7-20/h1-5,10,12H,6-9,11H2. The Bertz CT molecular complexity index is 1150. The van der Waals surface area contributed by atoms with Gasteiger partial charge < -0.3 is 4.74 Å². The van der Waals surface area contributed by atoms with Crippen LogP contribution >= 0.6 is 0 Å². The first kappa shape index (κ1) is 17.8. The van der Waals surface area contributed by atoms with Gasteiger partial charge in [-0.05, 0) is 29.8 Å². The summed E-state index contributed by atoms with van der Waals surface area (Å²) in [5, 5.41) is 4.19. The number of hydrogen-bond acceptors (Lipinski definition) is 5. The Kier molecular flexibility index (Phi) is 4.54. The molecule has 0 unspecified atom stereocenters. The fraction of sp³-hybridized carbons (Fsp3) is 0.294. The van der Waals surface area contributed by atoms with Crippen LogP contribution in [0.1, 0.15) is 5.56 Å². The van der Waals surface area contributed by atoms with Gasteiger partial charge in [0.2, 0.25) is 10.0 Å². The zero-order valence-electron chi connectivity index (χ0n) is 14.3. The minimum Gasteiger partial charge on any atom is -0.379 e. The van der Waals surface area contributed by atoms with Gasteiger partial charge in [-0.3, -0.25) is 0 Å². The summed E-state index contributed by atoms with van der Waals surface area (Å²) in [6.07, 6.45) is 1.28. The Balaban J connectivity index is 1.70. The maximum absolute atomic E-state index is 13.3. The van der Waals surface area contributed by atoms with Crippen LogP contribution in [0.4, 0.5) is 4.39 Å². The van der Waals surface area contributed by atoms with E-state index in [-0.39, 0.29) is 24.5 Å². The maximum atomic E-state index is 13.3. The highest BCUT2D eigenvalue weighted by atomic mass is 32.2. The monoisotopic (exact) mass is 392 g/mol. The zero-order chi connectivity index (χ0) is 19.0. The second kappa shape index (κ2) is 6.87. The number of benzene rings is 1. The third-order valence-corrected chi connectivity index (χ3v) is 6.26. The van der Waals surface area contributed by atoms with Crippen LogP contribution in [0.3, 0.4) is 0 Å². The van der Waals surface area contributed by atoms with Crippen molar-refractivity contribution in [2.24, 2.45) is 0 Å². The molecule has 0 bridgehead atoms. The number of rotatable bonds is 4. The molecule has 0 saturated carbocycles. The van der Waals surface area contributed by atoms with Crippen molar-refractivity contribution >= 4 is 15.7 Å². The SMILES string of the molecule is O=c1n(Cc2cccc(F)c2)nc2ccc(S(=O)(=O)N3CCOCC3)cn12. The Morgan fingerprint density at radius 2 is 1.93 bits per heavy atom. The van der Waals surface area contributed by atoms with Gasteiger partial charge in [0.1, 0.15) is 5.82 Å². The lowest BCUT2D eigenvalue weighted by Crippen LogP contribution is -2.40. The fourth-order valence-corrected chi connectivity index (χ4v) is 4.41. The van der Waals surface area contributed by atoms with Crippen LogP contribution in [0.15, 0.2) is 52.3 Å². The smallest absolute Gasteiger partial charge is 0.350 e. The molecule has 8 nitrogen and oxygen atoms in total. The van der Waals surface area contributed by atoms with E-state index in [2.05, 4.69) is 5.10 Å². The van der Waals surface area contributed by atoms with Crippen molar-refractivity contribution in [1.29, 1.82) is 0 Å². The molecule has 1 saturated heterocycles. The number of fused-ring (bicyclic) bond motifs is 1. The number of hydrogen-bond donors (Lipinski definition) is 0. The minimum absolute atomic E-state index is 0.0179. The summed E-state index contributed by atoms with van der Waals surface area (Å²) < 4.78 is 47.8. The summed E-state index contributed by atoms with van der Waals surface area (Å²) in [5.41, 5.74) is 0.410. The van der Waals surface area contributed by atoms with Crippen LogP contribution in [-0.2, 0) is 21.3 Å².